The average molecular weight is 407 g/mol. The van der Waals surface area contributed by atoms with Crippen LogP contribution in [0, 0.1) is 0 Å². The number of rotatable bonds is 11. The normalized spacial score (nSPS) is 11.8. The summed E-state index contributed by atoms with van der Waals surface area (Å²) in [6, 6.07) is 19.5. The van der Waals surface area contributed by atoms with Crippen LogP contribution in [-0.2, 0) is 9.59 Å². The smallest absolute Gasteiger partial charge is 0.240 e. The summed E-state index contributed by atoms with van der Waals surface area (Å²) in [5, 5.41) is 8.52. The minimum atomic E-state index is -0.296. The van der Waals surface area contributed by atoms with E-state index >= 15 is 0 Å². The first-order valence-electron chi connectivity index (χ1n) is 10.5. The molecule has 2 aromatic carbocycles. The number of nitrogens with zero attached hydrogens (tertiary/aromatic N) is 2. The number of carbonyl (C=O) groups excluding carboxylic acids is 2. The van der Waals surface area contributed by atoms with Crippen molar-refractivity contribution in [3.8, 4) is 0 Å². The molecule has 0 fully saturated rings. The van der Waals surface area contributed by atoms with E-state index in [1.54, 1.807) is 0 Å². The maximum absolute atomic E-state index is 12.1. The van der Waals surface area contributed by atoms with Gasteiger partial charge in [0.1, 0.15) is 0 Å². The van der Waals surface area contributed by atoms with Gasteiger partial charge in [0.05, 0.1) is 11.4 Å². The Bertz CT molecular complexity index is 788. The Morgan fingerprint density at radius 3 is 1.33 bits per heavy atom. The van der Waals surface area contributed by atoms with Gasteiger partial charge in [-0.3, -0.25) is 9.59 Å². The summed E-state index contributed by atoms with van der Waals surface area (Å²) in [4.78, 5) is 24.2. The Balaban J connectivity index is 1.86. The summed E-state index contributed by atoms with van der Waals surface area (Å²) in [5.74, 6) is -0.592. The molecule has 0 unspecified atom stereocenters. The molecule has 30 heavy (non-hydrogen) atoms. The predicted molar refractivity (Wildman–Crippen MR) is 121 cm³/mol. The summed E-state index contributed by atoms with van der Waals surface area (Å²) in [6.45, 7) is 4.13. The van der Waals surface area contributed by atoms with Crippen molar-refractivity contribution in [2.45, 2.75) is 52.4 Å². The van der Waals surface area contributed by atoms with Crippen LogP contribution in [0.5, 0.6) is 0 Å². The van der Waals surface area contributed by atoms with Gasteiger partial charge in [0.15, 0.2) is 0 Å². The van der Waals surface area contributed by atoms with Crippen LogP contribution in [0.15, 0.2) is 70.9 Å². The molecule has 0 bridgehead atoms. The Kier molecular flexibility index (Phi) is 10.00. The number of carbonyl (C=O) groups is 2. The molecule has 0 aliphatic rings. The minimum absolute atomic E-state index is 0.0491. The van der Waals surface area contributed by atoms with E-state index in [-0.39, 0.29) is 24.7 Å². The van der Waals surface area contributed by atoms with Crippen molar-refractivity contribution in [2.75, 3.05) is 0 Å². The molecule has 0 saturated carbocycles. The molecule has 2 amide bonds. The van der Waals surface area contributed by atoms with Crippen LogP contribution in [0.3, 0.4) is 0 Å². The molecule has 2 N–H and O–H groups in total. The van der Waals surface area contributed by atoms with Crippen LogP contribution < -0.4 is 10.9 Å². The average Bonchev–Trinajstić information content (AvgIpc) is 2.79. The Labute approximate surface area is 178 Å². The summed E-state index contributed by atoms with van der Waals surface area (Å²) in [5.41, 5.74) is 8.75. The highest BCUT2D eigenvalue weighted by Crippen LogP contribution is 2.07. The summed E-state index contributed by atoms with van der Waals surface area (Å²) >= 11 is 0. The Hall–Kier alpha value is -3.28. The SMILES string of the molecule is CCC/C(=N/NC(=O)CCC(=O)N/N=C(\CCC)c1ccccc1)c1ccccc1. The predicted octanol–water partition coefficient (Wildman–Crippen LogP) is 4.41. The third kappa shape index (κ3) is 7.99. The second kappa shape index (κ2) is 13.0. The highest BCUT2D eigenvalue weighted by Gasteiger charge is 2.09. The van der Waals surface area contributed by atoms with E-state index in [4.69, 9.17) is 0 Å². The zero-order valence-corrected chi connectivity index (χ0v) is 17.7. The number of hydrogen-bond acceptors (Lipinski definition) is 4. The third-order valence-electron chi connectivity index (χ3n) is 4.40. The van der Waals surface area contributed by atoms with Crippen molar-refractivity contribution < 1.29 is 9.59 Å². The minimum Gasteiger partial charge on any atom is -0.273 e. The molecule has 0 saturated heterocycles. The van der Waals surface area contributed by atoms with Crippen molar-refractivity contribution in [3.63, 3.8) is 0 Å². The second-order valence-corrected chi connectivity index (χ2v) is 6.92. The topological polar surface area (TPSA) is 82.9 Å². The van der Waals surface area contributed by atoms with E-state index in [0.717, 1.165) is 48.2 Å². The lowest BCUT2D eigenvalue weighted by atomic mass is 10.1. The quantitative estimate of drug-likeness (QED) is 0.428. The number of nitrogens with one attached hydrogen (secondary N) is 2. The fourth-order valence-corrected chi connectivity index (χ4v) is 2.86. The Morgan fingerprint density at radius 2 is 1.00 bits per heavy atom. The van der Waals surface area contributed by atoms with Crippen LogP contribution in [0.4, 0.5) is 0 Å². The number of hydrogen-bond donors (Lipinski definition) is 2. The molecule has 2 rings (SSSR count). The van der Waals surface area contributed by atoms with E-state index in [9.17, 15) is 9.59 Å². The van der Waals surface area contributed by atoms with Gasteiger partial charge in [-0.1, -0.05) is 87.4 Å². The highest BCUT2D eigenvalue weighted by atomic mass is 16.2. The van der Waals surface area contributed by atoms with Crippen molar-refractivity contribution >= 4 is 23.2 Å². The molecule has 0 aliphatic carbocycles. The Morgan fingerprint density at radius 1 is 0.633 bits per heavy atom. The standard InChI is InChI=1S/C24H30N4O2/c1-3-11-21(19-13-7-5-8-14-19)25-27-23(29)17-18-24(30)28-26-22(12-4-2)20-15-9-6-10-16-20/h5-10,13-16H,3-4,11-12,17-18H2,1-2H3,(H,27,29)(H,28,30)/b25-21-,26-22+. The lowest BCUT2D eigenvalue weighted by Crippen LogP contribution is -2.24. The van der Waals surface area contributed by atoms with E-state index in [0.29, 0.717) is 0 Å². The van der Waals surface area contributed by atoms with Crippen molar-refractivity contribution in [2.24, 2.45) is 10.2 Å². The number of hydrazone groups is 2. The van der Waals surface area contributed by atoms with Gasteiger partial charge in [-0.25, -0.2) is 10.9 Å². The molecule has 6 heteroatoms. The van der Waals surface area contributed by atoms with Crippen molar-refractivity contribution in [1.82, 2.24) is 10.9 Å². The molecule has 0 heterocycles. The molecule has 6 nitrogen and oxygen atoms in total. The summed E-state index contributed by atoms with van der Waals surface area (Å²) in [6.07, 6.45) is 3.47. The van der Waals surface area contributed by atoms with Crippen LogP contribution >= 0.6 is 0 Å². The molecule has 0 aromatic heterocycles. The molecule has 0 aliphatic heterocycles. The van der Waals surface area contributed by atoms with Gasteiger partial charge < -0.3 is 0 Å². The fraction of sp³-hybridized carbons (Fsp3) is 0.333. The van der Waals surface area contributed by atoms with E-state index in [2.05, 4.69) is 34.9 Å². The van der Waals surface area contributed by atoms with Gasteiger partial charge in [0.25, 0.3) is 0 Å². The van der Waals surface area contributed by atoms with Crippen LogP contribution in [0.25, 0.3) is 0 Å². The molecule has 158 valence electrons. The summed E-state index contributed by atoms with van der Waals surface area (Å²) in [7, 11) is 0. The zero-order valence-electron chi connectivity index (χ0n) is 17.7. The van der Waals surface area contributed by atoms with E-state index in [1.807, 2.05) is 60.7 Å². The lowest BCUT2D eigenvalue weighted by molar-refractivity contribution is -0.126. The first kappa shape index (κ1) is 23.0. The van der Waals surface area contributed by atoms with Gasteiger partial charge in [-0.15, -0.1) is 0 Å². The van der Waals surface area contributed by atoms with Crippen molar-refractivity contribution in [3.05, 3.63) is 71.8 Å². The molecular formula is C24H30N4O2. The van der Waals surface area contributed by atoms with Crippen LogP contribution in [-0.4, -0.2) is 23.2 Å². The van der Waals surface area contributed by atoms with Gasteiger partial charge in [0, 0.05) is 12.8 Å². The second-order valence-electron chi connectivity index (χ2n) is 6.92. The number of amides is 2. The van der Waals surface area contributed by atoms with Gasteiger partial charge in [-0.05, 0) is 24.0 Å². The van der Waals surface area contributed by atoms with Gasteiger partial charge in [-0.2, -0.15) is 10.2 Å². The third-order valence-corrected chi connectivity index (χ3v) is 4.40. The largest absolute Gasteiger partial charge is 0.273 e. The maximum atomic E-state index is 12.1. The first-order valence-corrected chi connectivity index (χ1v) is 10.5. The molecule has 0 atom stereocenters. The maximum Gasteiger partial charge on any atom is 0.240 e. The zero-order chi connectivity index (χ0) is 21.6. The van der Waals surface area contributed by atoms with Gasteiger partial charge in [0.2, 0.25) is 11.8 Å². The van der Waals surface area contributed by atoms with Crippen LogP contribution in [0.1, 0.15) is 63.5 Å². The van der Waals surface area contributed by atoms with Gasteiger partial charge >= 0.3 is 0 Å². The first-order chi connectivity index (χ1) is 14.6. The molecule has 0 spiro atoms. The molecule has 0 radical (unpaired) electrons. The monoisotopic (exact) mass is 406 g/mol. The highest BCUT2D eigenvalue weighted by molar-refractivity contribution is 6.01. The lowest BCUT2D eigenvalue weighted by Gasteiger charge is -2.07. The van der Waals surface area contributed by atoms with E-state index < -0.39 is 0 Å². The van der Waals surface area contributed by atoms with Crippen molar-refractivity contribution in [1.29, 1.82) is 0 Å². The fourth-order valence-electron chi connectivity index (χ4n) is 2.86. The summed E-state index contributed by atoms with van der Waals surface area (Å²) < 4.78 is 0. The van der Waals surface area contributed by atoms with E-state index in [1.165, 1.54) is 0 Å². The molecular weight excluding hydrogens is 376 g/mol. The van der Waals surface area contributed by atoms with Crippen LogP contribution in [0.2, 0.25) is 0 Å². The number of benzene rings is 2. The molecule has 2 aromatic rings.